The van der Waals surface area contributed by atoms with Gasteiger partial charge in [-0.3, -0.25) is 19.7 Å². The van der Waals surface area contributed by atoms with Crippen molar-refractivity contribution in [1.29, 1.82) is 0 Å². The number of carbonyl (C=O) groups is 3. The molecule has 1 fully saturated rings. The number of β-lactam (4-membered cyclic amide) rings is 1. The highest BCUT2D eigenvalue weighted by Gasteiger charge is 2.49. The van der Waals surface area contributed by atoms with Gasteiger partial charge in [-0.25, -0.2) is 4.79 Å². The lowest BCUT2D eigenvalue weighted by molar-refractivity contribution is -0.574. The van der Waals surface area contributed by atoms with E-state index < -0.39 is 29.5 Å². The van der Waals surface area contributed by atoms with Gasteiger partial charge in [-0.1, -0.05) is 121 Å². The van der Waals surface area contributed by atoms with E-state index in [0.717, 1.165) is 20.8 Å². The van der Waals surface area contributed by atoms with Crippen LogP contribution >= 0.6 is 18.6 Å². The maximum atomic E-state index is 13.5. The quantitative estimate of drug-likeness (QED) is 0.0294. The number of rotatable bonds is 11. The molecule has 2 atom stereocenters. The fourth-order valence-electron chi connectivity index (χ4n) is 6.02. The first-order valence-corrected chi connectivity index (χ1v) is 18.3. The van der Waals surface area contributed by atoms with Crippen molar-refractivity contribution in [3.63, 3.8) is 0 Å². The van der Waals surface area contributed by atoms with Gasteiger partial charge in [-0.2, -0.15) is 0 Å². The van der Waals surface area contributed by atoms with Crippen LogP contribution in [0.25, 0.3) is 0 Å². The molecule has 0 bridgehead atoms. The standard InChI is InChI=1S/C39H33N2O6PS/c1-39(27-36(43)49-34-20-12-5-13-21-34)26-35(42)40(39)28-48(31-16-8-3-9-17-31,32-18-10-4-11-19-32)33-24-22-30(23-25-33)38(44)47-37(41(45)46)29-14-6-2-7-15-29/h2-25,28,37H,26-27H2,1H3. The van der Waals surface area contributed by atoms with Crippen LogP contribution in [0.3, 0.4) is 0 Å². The van der Waals surface area contributed by atoms with Gasteiger partial charge in [-0.15, -0.1) is 0 Å². The molecule has 5 aromatic rings. The molecule has 0 aromatic heterocycles. The molecule has 1 amide bonds. The van der Waals surface area contributed by atoms with Gasteiger partial charge >= 0.3 is 12.2 Å². The molecule has 0 saturated carbocycles. The van der Waals surface area contributed by atoms with Crippen molar-refractivity contribution >= 4 is 57.5 Å². The van der Waals surface area contributed by atoms with Crippen molar-refractivity contribution in [2.75, 3.05) is 0 Å². The van der Waals surface area contributed by atoms with Gasteiger partial charge in [0.05, 0.1) is 28.0 Å². The lowest BCUT2D eigenvalue weighted by Crippen LogP contribution is -2.62. The summed E-state index contributed by atoms with van der Waals surface area (Å²) in [6.45, 7) is -0.800. The molecule has 5 aromatic carbocycles. The van der Waals surface area contributed by atoms with Crippen LogP contribution in [0, 0.1) is 10.1 Å². The number of nitro groups is 1. The van der Waals surface area contributed by atoms with Crippen LogP contribution in [0.4, 0.5) is 0 Å². The van der Waals surface area contributed by atoms with E-state index in [0.29, 0.717) is 0 Å². The maximum Gasteiger partial charge on any atom is 0.383 e. The molecule has 246 valence electrons. The molecule has 1 saturated heterocycles. The third-order valence-electron chi connectivity index (χ3n) is 8.50. The van der Waals surface area contributed by atoms with Crippen molar-refractivity contribution in [3.05, 3.63) is 167 Å². The number of carbonyl (C=O) groups excluding carboxylic acids is 3. The lowest BCUT2D eigenvalue weighted by Gasteiger charge is -2.49. The van der Waals surface area contributed by atoms with E-state index in [-0.39, 0.29) is 35.0 Å². The first-order chi connectivity index (χ1) is 23.7. The molecule has 1 heterocycles. The Bertz CT molecular complexity index is 1980. The summed E-state index contributed by atoms with van der Waals surface area (Å²) in [5.41, 5.74) is -0.323. The number of nitrogens with zero attached hydrogens (tertiary/aromatic N) is 2. The molecule has 0 aliphatic carbocycles. The number of amides is 1. The van der Waals surface area contributed by atoms with E-state index in [9.17, 15) is 24.5 Å². The van der Waals surface area contributed by atoms with Crippen LogP contribution in [0.1, 0.15) is 41.9 Å². The number of likely N-dealkylation sites (tertiary alicyclic amines) is 1. The normalized spacial score (nSPS) is 16.3. The molecule has 0 radical (unpaired) electrons. The summed E-state index contributed by atoms with van der Waals surface area (Å²) in [7, 11) is 0. The van der Waals surface area contributed by atoms with E-state index >= 15 is 0 Å². The van der Waals surface area contributed by atoms with Crippen LogP contribution < -0.4 is 15.9 Å². The number of hydrogen-bond donors (Lipinski definition) is 0. The van der Waals surface area contributed by atoms with Crippen molar-refractivity contribution < 1.29 is 24.0 Å². The highest BCUT2D eigenvalue weighted by atomic mass is 32.2. The Morgan fingerprint density at radius 2 is 1.31 bits per heavy atom. The van der Waals surface area contributed by atoms with E-state index in [1.807, 2.05) is 116 Å². The second kappa shape index (κ2) is 14.5. The summed E-state index contributed by atoms with van der Waals surface area (Å²) >= 11 is 1.17. The van der Waals surface area contributed by atoms with Gasteiger partial charge in [-0.05, 0) is 66.1 Å². The average Bonchev–Trinajstić information content (AvgIpc) is 3.12. The van der Waals surface area contributed by atoms with Crippen LogP contribution in [0.2, 0.25) is 0 Å². The van der Waals surface area contributed by atoms with E-state index in [1.165, 1.54) is 23.9 Å². The molecule has 1 aliphatic heterocycles. The minimum atomic E-state index is -2.74. The Labute approximate surface area is 288 Å². The Balaban J connectivity index is 1.41. The van der Waals surface area contributed by atoms with E-state index in [4.69, 9.17) is 4.74 Å². The van der Waals surface area contributed by atoms with Gasteiger partial charge in [0.1, 0.15) is 0 Å². The van der Waals surface area contributed by atoms with Crippen molar-refractivity contribution in [1.82, 2.24) is 4.90 Å². The molecule has 8 nitrogen and oxygen atoms in total. The topological polar surface area (TPSA) is 107 Å². The summed E-state index contributed by atoms with van der Waals surface area (Å²) in [5, 5.41) is 14.6. The number of ether oxygens (including phenoxy) is 1. The zero-order chi connectivity index (χ0) is 34.4. The Kier molecular flexibility index (Phi) is 9.95. The van der Waals surface area contributed by atoms with Crippen molar-refractivity contribution in [3.8, 4) is 0 Å². The smallest absolute Gasteiger partial charge is 0.383 e. The average molecular weight is 689 g/mol. The molecule has 1 aliphatic rings. The molecule has 49 heavy (non-hydrogen) atoms. The number of benzene rings is 5. The van der Waals surface area contributed by atoms with E-state index in [1.54, 1.807) is 35.2 Å². The Hall–Kier alpha value is -5.24. The second-order valence-corrected chi connectivity index (χ2v) is 16.3. The molecule has 2 unspecified atom stereocenters. The van der Waals surface area contributed by atoms with Crippen LogP contribution in [-0.4, -0.2) is 38.3 Å². The third-order valence-corrected chi connectivity index (χ3v) is 13.3. The SMILES string of the molecule is CC1(CC(=O)Sc2ccccc2)CC(=O)N1C=P(c1ccccc1)(c1ccccc1)c1ccc(C(=O)OC(c2ccccc2)[N+](=O)[O-])cc1. The third kappa shape index (κ3) is 7.14. The fraction of sp³-hybridized carbons (Fsp3) is 0.128. The molecular formula is C39H33N2O6PS. The fourth-order valence-corrected chi connectivity index (χ4v) is 10.9. The summed E-state index contributed by atoms with van der Waals surface area (Å²) < 4.78 is 5.37. The number of esters is 1. The van der Waals surface area contributed by atoms with Crippen LogP contribution in [-0.2, 0) is 14.3 Å². The minimum Gasteiger partial charge on any atom is -0.390 e. The highest BCUT2D eigenvalue weighted by Crippen LogP contribution is 2.47. The predicted octanol–water partition coefficient (Wildman–Crippen LogP) is 6.57. The summed E-state index contributed by atoms with van der Waals surface area (Å²) in [6.07, 6.45) is -1.25. The molecule has 6 rings (SSSR count). The number of hydrogen-bond acceptors (Lipinski definition) is 7. The first-order valence-electron chi connectivity index (χ1n) is 15.6. The number of thioether (sulfide) groups is 1. The largest absolute Gasteiger partial charge is 0.390 e. The van der Waals surface area contributed by atoms with Gasteiger partial charge in [0.2, 0.25) is 5.91 Å². The van der Waals surface area contributed by atoms with Gasteiger partial charge in [0.15, 0.2) is 5.12 Å². The summed E-state index contributed by atoms with van der Waals surface area (Å²) in [6, 6.07) is 44.2. The zero-order valence-corrected chi connectivity index (χ0v) is 28.3. The predicted molar refractivity (Wildman–Crippen MR) is 195 cm³/mol. The van der Waals surface area contributed by atoms with Crippen molar-refractivity contribution in [2.45, 2.75) is 36.4 Å². The summed E-state index contributed by atoms with van der Waals surface area (Å²) in [4.78, 5) is 53.7. The summed E-state index contributed by atoms with van der Waals surface area (Å²) in [5.74, 6) is 1.10. The molecule has 0 N–H and O–H groups in total. The van der Waals surface area contributed by atoms with Gasteiger partial charge in [0, 0.05) is 17.2 Å². The Morgan fingerprint density at radius 1 is 0.816 bits per heavy atom. The van der Waals surface area contributed by atoms with Gasteiger partial charge < -0.3 is 9.64 Å². The molecule has 0 spiro atoms. The van der Waals surface area contributed by atoms with Crippen LogP contribution in [0.5, 0.6) is 0 Å². The Morgan fingerprint density at radius 3 is 1.82 bits per heavy atom. The lowest BCUT2D eigenvalue weighted by atomic mass is 9.84. The van der Waals surface area contributed by atoms with Crippen LogP contribution in [0.15, 0.2) is 150 Å². The van der Waals surface area contributed by atoms with Crippen molar-refractivity contribution in [2.24, 2.45) is 0 Å². The molecule has 10 heteroatoms. The van der Waals surface area contributed by atoms with E-state index in [2.05, 4.69) is 0 Å². The maximum absolute atomic E-state index is 13.5. The first kappa shape index (κ1) is 33.7. The highest BCUT2D eigenvalue weighted by molar-refractivity contribution is 8.13. The second-order valence-electron chi connectivity index (χ2n) is 11.9. The monoisotopic (exact) mass is 688 g/mol. The molecular weight excluding hydrogens is 655 g/mol. The minimum absolute atomic E-state index is 0.0330. The zero-order valence-electron chi connectivity index (χ0n) is 26.6. The van der Waals surface area contributed by atoms with Gasteiger partial charge in [0.25, 0.3) is 0 Å².